The zero-order valence-electron chi connectivity index (χ0n) is 6.50. The van der Waals surface area contributed by atoms with Gasteiger partial charge in [0.25, 0.3) is 0 Å². The van der Waals surface area contributed by atoms with Crippen molar-refractivity contribution < 1.29 is 14.7 Å². The Kier molecular flexibility index (Phi) is 3.79. The number of hydroxylamine groups is 2. The summed E-state index contributed by atoms with van der Waals surface area (Å²) in [4.78, 5) is 15.2. The van der Waals surface area contributed by atoms with Crippen molar-refractivity contribution in [3.05, 3.63) is 0 Å². The molecule has 0 aliphatic heterocycles. The van der Waals surface area contributed by atoms with Gasteiger partial charge in [0.1, 0.15) is 0 Å². The molecule has 60 valence electrons. The Morgan fingerprint density at radius 3 is 2.30 bits per heavy atom. The van der Waals surface area contributed by atoms with Crippen LogP contribution in [0.2, 0.25) is 0 Å². The molecule has 0 saturated carbocycles. The second kappa shape index (κ2) is 4.11. The van der Waals surface area contributed by atoms with Crippen LogP contribution in [0.5, 0.6) is 0 Å². The van der Waals surface area contributed by atoms with Crippen LogP contribution in [0, 0.1) is 0 Å². The van der Waals surface area contributed by atoms with Crippen molar-refractivity contribution in [1.29, 1.82) is 0 Å². The van der Waals surface area contributed by atoms with E-state index in [2.05, 4.69) is 0 Å². The first-order valence-corrected chi connectivity index (χ1v) is 3.25. The lowest BCUT2D eigenvalue weighted by Crippen LogP contribution is -2.31. The number of carboxylic acid groups (broad SMARTS) is 1. The highest BCUT2D eigenvalue weighted by molar-refractivity contribution is 5.63. The van der Waals surface area contributed by atoms with E-state index in [-0.39, 0.29) is 6.10 Å². The summed E-state index contributed by atoms with van der Waals surface area (Å²) in [5, 5.41) is 9.33. The van der Waals surface area contributed by atoms with Gasteiger partial charge in [-0.1, -0.05) is 0 Å². The van der Waals surface area contributed by atoms with Crippen molar-refractivity contribution in [3.63, 3.8) is 0 Å². The van der Waals surface area contributed by atoms with E-state index in [0.717, 1.165) is 5.06 Å². The average molecular weight is 147 g/mol. The van der Waals surface area contributed by atoms with Crippen LogP contribution in [0.3, 0.4) is 0 Å². The van der Waals surface area contributed by atoms with Gasteiger partial charge >= 0.3 is 6.09 Å². The Morgan fingerprint density at radius 1 is 1.70 bits per heavy atom. The molecule has 0 unspecified atom stereocenters. The third kappa shape index (κ3) is 3.29. The minimum Gasteiger partial charge on any atom is -0.463 e. The molecule has 4 nitrogen and oxygen atoms in total. The summed E-state index contributed by atoms with van der Waals surface area (Å²) in [5.41, 5.74) is 0. The standard InChI is InChI=1S/C6H13NO3/c1-4-7(6(8)9)10-5(2)3/h5H,4H2,1-3H3,(H,8,9). The SMILES string of the molecule is CCN(OC(C)C)C(=O)O. The normalized spacial score (nSPS) is 10.0. The first-order valence-electron chi connectivity index (χ1n) is 3.25. The van der Waals surface area contributed by atoms with Gasteiger partial charge < -0.3 is 5.11 Å². The summed E-state index contributed by atoms with van der Waals surface area (Å²) in [7, 11) is 0. The molecule has 0 aromatic rings. The molecule has 0 aromatic heterocycles. The Hall–Kier alpha value is -0.770. The fraction of sp³-hybridized carbons (Fsp3) is 0.833. The van der Waals surface area contributed by atoms with E-state index in [1.807, 2.05) is 0 Å². The summed E-state index contributed by atoms with van der Waals surface area (Å²) in [6, 6.07) is 0. The van der Waals surface area contributed by atoms with E-state index in [1.54, 1.807) is 20.8 Å². The Labute approximate surface area is 60.3 Å². The van der Waals surface area contributed by atoms with Crippen molar-refractivity contribution in [2.24, 2.45) is 0 Å². The summed E-state index contributed by atoms with van der Waals surface area (Å²) in [6.45, 7) is 5.64. The fourth-order valence-corrected chi connectivity index (χ4v) is 0.509. The van der Waals surface area contributed by atoms with Gasteiger partial charge in [-0.25, -0.2) is 4.79 Å². The monoisotopic (exact) mass is 147 g/mol. The van der Waals surface area contributed by atoms with Crippen LogP contribution in [0.25, 0.3) is 0 Å². The van der Waals surface area contributed by atoms with Crippen LogP contribution in [-0.2, 0) is 4.84 Å². The van der Waals surface area contributed by atoms with E-state index in [9.17, 15) is 4.79 Å². The second-order valence-corrected chi connectivity index (χ2v) is 2.13. The van der Waals surface area contributed by atoms with Crippen molar-refractivity contribution in [3.8, 4) is 0 Å². The number of nitrogens with zero attached hydrogens (tertiary/aromatic N) is 1. The van der Waals surface area contributed by atoms with Crippen LogP contribution in [0.15, 0.2) is 0 Å². The van der Waals surface area contributed by atoms with Gasteiger partial charge in [0.05, 0.1) is 6.10 Å². The second-order valence-electron chi connectivity index (χ2n) is 2.13. The summed E-state index contributed by atoms with van der Waals surface area (Å²) in [5.74, 6) is 0. The van der Waals surface area contributed by atoms with Gasteiger partial charge in [-0.2, -0.15) is 5.06 Å². The molecule has 0 spiro atoms. The van der Waals surface area contributed by atoms with E-state index < -0.39 is 6.09 Å². The summed E-state index contributed by atoms with van der Waals surface area (Å²) >= 11 is 0. The molecular formula is C6H13NO3. The lowest BCUT2D eigenvalue weighted by Gasteiger charge is -2.18. The van der Waals surface area contributed by atoms with Gasteiger partial charge in [0.15, 0.2) is 0 Å². The molecule has 0 aromatic carbocycles. The van der Waals surface area contributed by atoms with Crippen molar-refractivity contribution in [2.45, 2.75) is 26.9 Å². The molecule has 1 amide bonds. The number of amides is 1. The zero-order valence-corrected chi connectivity index (χ0v) is 6.50. The topological polar surface area (TPSA) is 49.8 Å². The van der Waals surface area contributed by atoms with Gasteiger partial charge in [0.2, 0.25) is 0 Å². The molecule has 0 bridgehead atoms. The molecule has 0 rings (SSSR count). The molecule has 4 heteroatoms. The zero-order chi connectivity index (χ0) is 8.15. The predicted molar refractivity (Wildman–Crippen MR) is 36.6 cm³/mol. The van der Waals surface area contributed by atoms with E-state index in [1.165, 1.54) is 0 Å². The van der Waals surface area contributed by atoms with Crippen LogP contribution in [-0.4, -0.2) is 28.9 Å². The molecule has 0 fully saturated rings. The van der Waals surface area contributed by atoms with Crippen LogP contribution >= 0.6 is 0 Å². The first kappa shape index (κ1) is 9.23. The molecule has 0 radical (unpaired) electrons. The maximum atomic E-state index is 10.3. The molecule has 0 saturated heterocycles. The average Bonchev–Trinajstić information content (AvgIpc) is 1.81. The largest absolute Gasteiger partial charge is 0.463 e. The molecule has 1 N–H and O–H groups in total. The number of hydrogen-bond acceptors (Lipinski definition) is 2. The van der Waals surface area contributed by atoms with Gasteiger partial charge in [-0.3, -0.25) is 4.84 Å². The summed E-state index contributed by atoms with van der Waals surface area (Å²) in [6.07, 6.45) is -1.13. The Balaban J connectivity index is 3.72. The maximum Gasteiger partial charge on any atom is 0.431 e. The highest BCUT2D eigenvalue weighted by Crippen LogP contribution is 1.95. The predicted octanol–water partition coefficient (Wildman–Crippen LogP) is 1.33. The Bertz CT molecular complexity index is 114. The number of rotatable bonds is 3. The van der Waals surface area contributed by atoms with Crippen molar-refractivity contribution in [1.82, 2.24) is 5.06 Å². The van der Waals surface area contributed by atoms with Crippen LogP contribution in [0.1, 0.15) is 20.8 Å². The lowest BCUT2D eigenvalue weighted by molar-refractivity contribution is -0.156. The quantitative estimate of drug-likeness (QED) is 0.612. The molecular weight excluding hydrogens is 134 g/mol. The maximum absolute atomic E-state index is 10.3. The Morgan fingerprint density at radius 2 is 2.20 bits per heavy atom. The van der Waals surface area contributed by atoms with E-state index in [4.69, 9.17) is 9.94 Å². The lowest BCUT2D eigenvalue weighted by atomic mass is 10.5. The van der Waals surface area contributed by atoms with Crippen molar-refractivity contribution in [2.75, 3.05) is 6.54 Å². The third-order valence-electron chi connectivity index (χ3n) is 0.839. The summed E-state index contributed by atoms with van der Waals surface area (Å²) < 4.78 is 0. The molecule has 10 heavy (non-hydrogen) atoms. The van der Waals surface area contributed by atoms with E-state index in [0.29, 0.717) is 6.54 Å². The van der Waals surface area contributed by atoms with Crippen LogP contribution in [0.4, 0.5) is 4.79 Å². The first-order chi connectivity index (χ1) is 4.57. The number of carbonyl (C=O) groups is 1. The van der Waals surface area contributed by atoms with Crippen LogP contribution < -0.4 is 0 Å². The number of hydrogen-bond donors (Lipinski definition) is 1. The molecule has 0 aliphatic carbocycles. The highest BCUT2D eigenvalue weighted by Gasteiger charge is 2.10. The smallest absolute Gasteiger partial charge is 0.431 e. The van der Waals surface area contributed by atoms with Gasteiger partial charge in [-0.15, -0.1) is 0 Å². The minimum atomic E-state index is -1.05. The van der Waals surface area contributed by atoms with E-state index >= 15 is 0 Å². The third-order valence-corrected chi connectivity index (χ3v) is 0.839. The van der Waals surface area contributed by atoms with Crippen molar-refractivity contribution >= 4 is 6.09 Å². The fourth-order valence-electron chi connectivity index (χ4n) is 0.509. The molecule has 0 aliphatic rings. The molecule has 0 atom stereocenters. The highest BCUT2D eigenvalue weighted by atomic mass is 16.7. The van der Waals surface area contributed by atoms with Gasteiger partial charge in [-0.05, 0) is 20.8 Å². The molecule has 0 heterocycles. The van der Waals surface area contributed by atoms with Gasteiger partial charge in [0, 0.05) is 6.54 Å². The minimum absolute atomic E-state index is 0.0870.